The van der Waals surface area contributed by atoms with E-state index in [1.165, 1.54) is 18.3 Å². The van der Waals surface area contributed by atoms with Crippen molar-refractivity contribution in [3.05, 3.63) is 39.3 Å². The van der Waals surface area contributed by atoms with E-state index in [4.69, 9.17) is 16.7 Å². The highest BCUT2D eigenvalue weighted by Gasteiger charge is 2.26. The molecule has 1 N–H and O–H groups in total. The van der Waals surface area contributed by atoms with Crippen LogP contribution in [0.3, 0.4) is 0 Å². The molecule has 0 amide bonds. The van der Waals surface area contributed by atoms with Gasteiger partial charge in [0.2, 0.25) is 0 Å². The molecule has 0 bridgehead atoms. The van der Waals surface area contributed by atoms with Crippen molar-refractivity contribution >= 4 is 28.9 Å². The van der Waals surface area contributed by atoms with E-state index in [1.54, 1.807) is 0 Å². The number of carboxylic acid groups (broad SMARTS) is 1. The third-order valence-corrected chi connectivity index (χ3v) is 2.17. The standard InChI is InChI=1S/C8H4ClN3O4/c9-4-1-2-5-6(12(15)16)10-7(8(13)14)11(5)3-4/h1-3H,(H,13,14). The number of hydrogen-bond acceptors (Lipinski definition) is 4. The Morgan fingerprint density at radius 2 is 2.25 bits per heavy atom. The number of imidazole rings is 1. The van der Waals surface area contributed by atoms with E-state index in [9.17, 15) is 14.9 Å². The first-order valence-corrected chi connectivity index (χ1v) is 4.44. The van der Waals surface area contributed by atoms with E-state index >= 15 is 0 Å². The van der Waals surface area contributed by atoms with Crippen LogP contribution >= 0.6 is 11.6 Å². The summed E-state index contributed by atoms with van der Waals surface area (Å²) in [5.74, 6) is -2.30. The van der Waals surface area contributed by atoms with Gasteiger partial charge in [-0.25, -0.2) is 4.79 Å². The zero-order valence-corrected chi connectivity index (χ0v) is 8.38. The van der Waals surface area contributed by atoms with Crippen LogP contribution in [0.25, 0.3) is 5.52 Å². The van der Waals surface area contributed by atoms with Crippen molar-refractivity contribution in [2.45, 2.75) is 0 Å². The van der Waals surface area contributed by atoms with E-state index in [0.29, 0.717) is 0 Å². The summed E-state index contributed by atoms with van der Waals surface area (Å²) < 4.78 is 1.07. The third-order valence-electron chi connectivity index (χ3n) is 1.95. The van der Waals surface area contributed by atoms with Gasteiger partial charge in [0.15, 0.2) is 0 Å². The first-order chi connectivity index (χ1) is 7.50. The lowest BCUT2D eigenvalue weighted by Crippen LogP contribution is -2.03. The van der Waals surface area contributed by atoms with Crippen LogP contribution in [0.4, 0.5) is 5.82 Å². The molecule has 0 atom stereocenters. The van der Waals surface area contributed by atoms with E-state index in [2.05, 4.69) is 4.98 Å². The van der Waals surface area contributed by atoms with Crippen LogP contribution in [0.15, 0.2) is 18.3 Å². The molecule has 8 heteroatoms. The molecule has 2 aromatic rings. The molecule has 0 aliphatic carbocycles. The molecule has 2 heterocycles. The number of aromatic nitrogens is 2. The molecule has 2 rings (SSSR count). The van der Waals surface area contributed by atoms with Crippen LogP contribution in [0.1, 0.15) is 10.6 Å². The number of aromatic carboxylic acids is 1. The predicted octanol–water partition coefficient (Wildman–Crippen LogP) is 1.59. The number of hydrogen-bond donors (Lipinski definition) is 1. The van der Waals surface area contributed by atoms with Gasteiger partial charge in [-0.3, -0.25) is 4.40 Å². The first-order valence-electron chi connectivity index (χ1n) is 4.06. The average molecular weight is 242 g/mol. The molecule has 0 radical (unpaired) electrons. The highest BCUT2D eigenvalue weighted by atomic mass is 35.5. The van der Waals surface area contributed by atoms with Gasteiger partial charge in [-0.1, -0.05) is 11.6 Å². The molecule has 16 heavy (non-hydrogen) atoms. The number of rotatable bonds is 2. The van der Waals surface area contributed by atoms with Crippen LogP contribution in [-0.4, -0.2) is 25.4 Å². The van der Waals surface area contributed by atoms with E-state index in [0.717, 1.165) is 4.40 Å². The quantitative estimate of drug-likeness (QED) is 0.636. The summed E-state index contributed by atoms with van der Waals surface area (Å²) in [6.45, 7) is 0. The molecular weight excluding hydrogens is 238 g/mol. The van der Waals surface area contributed by atoms with Gasteiger partial charge >= 0.3 is 17.6 Å². The second-order valence-electron chi connectivity index (χ2n) is 2.92. The van der Waals surface area contributed by atoms with Crippen molar-refractivity contribution in [1.82, 2.24) is 9.38 Å². The van der Waals surface area contributed by atoms with Gasteiger partial charge in [-0.2, -0.15) is 0 Å². The molecule has 0 spiro atoms. The fraction of sp³-hybridized carbons (Fsp3) is 0. The number of carbonyl (C=O) groups is 1. The molecule has 0 saturated carbocycles. The van der Waals surface area contributed by atoms with Crippen molar-refractivity contribution in [1.29, 1.82) is 0 Å². The van der Waals surface area contributed by atoms with Gasteiger partial charge in [0.05, 0.1) is 5.02 Å². The molecule has 0 saturated heterocycles. The lowest BCUT2D eigenvalue weighted by Gasteiger charge is -1.94. The summed E-state index contributed by atoms with van der Waals surface area (Å²) in [4.78, 5) is 24.1. The number of nitro groups is 1. The van der Waals surface area contributed by atoms with Gasteiger partial charge in [0.1, 0.15) is 5.52 Å². The second kappa shape index (κ2) is 3.46. The van der Waals surface area contributed by atoms with Gasteiger partial charge in [-0.05, 0) is 22.0 Å². The van der Waals surface area contributed by atoms with Crippen molar-refractivity contribution in [2.75, 3.05) is 0 Å². The van der Waals surface area contributed by atoms with E-state index < -0.39 is 22.5 Å². The minimum Gasteiger partial charge on any atom is -0.474 e. The maximum absolute atomic E-state index is 10.8. The fourth-order valence-electron chi connectivity index (χ4n) is 1.33. The van der Waals surface area contributed by atoms with Gasteiger partial charge in [0.25, 0.3) is 0 Å². The van der Waals surface area contributed by atoms with Crippen molar-refractivity contribution < 1.29 is 14.8 Å². The number of fused-ring (bicyclic) bond motifs is 1. The highest BCUT2D eigenvalue weighted by Crippen LogP contribution is 2.22. The molecule has 0 aliphatic rings. The monoisotopic (exact) mass is 241 g/mol. The molecule has 0 fully saturated rings. The van der Waals surface area contributed by atoms with Crippen LogP contribution < -0.4 is 0 Å². The normalized spacial score (nSPS) is 10.6. The highest BCUT2D eigenvalue weighted by molar-refractivity contribution is 6.30. The predicted molar refractivity (Wildman–Crippen MR) is 53.8 cm³/mol. The molecular formula is C8H4ClN3O4. The SMILES string of the molecule is O=C(O)c1nc([N+](=O)[O-])c2ccc(Cl)cn12. The average Bonchev–Trinajstić information content (AvgIpc) is 2.56. The fourth-order valence-corrected chi connectivity index (χ4v) is 1.49. The van der Waals surface area contributed by atoms with Gasteiger partial charge in [0, 0.05) is 6.20 Å². The Bertz CT molecular complexity index is 607. The number of halogens is 1. The summed E-state index contributed by atoms with van der Waals surface area (Å²) in [5, 5.41) is 19.7. The summed E-state index contributed by atoms with van der Waals surface area (Å²) >= 11 is 5.67. The number of carboxylic acids is 1. The Morgan fingerprint density at radius 3 is 2.81 bits per heavy atom. The third kappa shape index (κ3) is 1.47. The largest absolute Gasteiger partial charge is 0.474 e. The summed E-state index contributed by atoms with van der Waals surface area (Å²) in [6, 6.07) is 2.77. The van der Waals surface area contributed by atoms with Gasteiger partial charge in [-0.15, -0.1) is 0 Å². The summed E-state index contributed by atoms with van der Waals surface area (Å²) in [7, 11) is 0. The molecule has 0 unspecified atom stereocenters. The van der Waals surface area contributed by atoms with Crippen LogP contribution in [0.5, 0.6) is 0 Å². The molecule has 2 aromatic heterocycles. The molecule has 0 aromatic carbocycles. The van der Waals surface area contributed by atoms with Crippen molar-refractivity contribution in [3.8, 4) is 0 Å². The van der Waals surface area contributed by atoms with Crippen LogP contribution in [-0.2, 0) is 0 Å². The number of pyridine rings is 1. The van der Waals surface area contributed by atoms with Crippen molar-refractivity contribution in [3.63, 3.8) is 0 Å². The Hall–Kier alpha value is -2.15. The zero-order valence-electron chi connectivity index (χ0n) is 7.62. The van der Waals surface area contributed by atoms with Crippen LogP contribution in [0.2, 0.25) is 5.02 Å². The summed E-state index contributed by atoms with van der Waals surface area (Å²) in [5.41, 5.74) is 0.0896. The lowest BCUT2D eigenvalue weighted by molar-refractivity contribution is -0.387. The summed E-state index contributed by atoms with van der Waals surface area (Å²) in [6.07, 6.45) is 1.26. The smallest absolute Gasteiger partial charge is 0.399 e. The maximum Gasteiger partial charge on any atom is 0.399 e. The number of nitrogens with zero attached hydrogens (tertiary/aromatic N) is 3. The van der Waals surface area contributed by atoms with Crippen molar-refractivity contribution in [2.24, 2.45) is 0 Å². The maximum atomic E-state index is 10.8. The lowest BCUT2D eigenvalue weighted by atomic mass is 10.4. The Morgan fingerprint density at radius 1 is 1.56 bits per heavy atom. The Balaban J connectivity index is 2.87. The zero-order chi connectivity index (χ0) is 11.9. The Kier molecular flexibility index (Phi) is 2.24. The topological polar surface area (TPSA) is 97.7 Å². The Labute approximate surface area is 93.0 Å². The minimum absolute atomic E-state index is 0.0896. The minimum atomic E-state index is -1.36. The molecule has 0 aliphatic heterocycles. The van der Waals surface area contributed by atoms with E-state index in [1.807, 2.05) is 0 Å². The van der Waals surface area contributed by atoms with Crippen LogP contribution in [0, 0.1) is 10.1 Å². The second-order valence-corrected chi connectivity index (χ2v) is 3.36. The van der Waals surface area contributed by atoms with E-state index in [-0.39, 0.29) is 10.5 Å². The first kappa shape index (κ1) is 10.4. The molecule has 7 nitrogen and oxygen atoms in total. The van der Waals surface area contributed by atoms with Gasteiger partial charge < -0.3 is 15.2 Å². The molecule has 82 valence electrons.